The van der Waals surface area contributed by atoms with E-state index < -0.39 is 0 Å². The summed E-state index contributed by atoms with van der Waals surface area (Å²) >= 11 is 3.35. The van der Waals surface area contributed by atoms with E-state index in [1.54, 1.807) is 22.7 Å². The molecule has 3 heterocycles. The average molecular weight is 424 g/mol. The molecule has 0 amide bonds. The van der Waals surface area contributed by atoms with Gasteiger partial charge in [-0.25, -0.2) is 0 Å². The maximum atomic E-state index is 5.94. The third kappa shape index (κ3) is 4.50. The fourth-order valence-electron chi connectivity index (χ4n) is 3.28. The van der Waals surface area contributed by atoms with Crippen molar-refractivity contribution in [1.82, 2.24) is 15.5 Å². The number of nitrogens with one attached hydrogen (secondary N) is 1. The van der Waals surface area contributed by atoms with Crippen LogP contribution in [0.1, 0.15) is 67.1 Å². The fourth-order valence-corrected chi connectivity index (χ4v) is 4.74. The van der Waals surface area contributed by atoms with Crippen LogP contribution in [0.4, 0.5) is 0 Å². The summed E-state index contributed by atoms with van der Waals surface area (Å²) in [5.74, 6) is 1.76. The van der Waals surface area contributed by atoms with Gasteiger partial charge in [0.2, 0.25) is 5.89 Å². The molecule has 0 saturated carbocycles. The van der Waals surface area contributed by atoms with Gasteiger partial charge in [-0.3, -0.25) is 5.32 Å². The topological polar surface area (TPSA) is 51.0 Å². The molecule has 4 rings (SSSR count). The summed E-state index contributed by atoms with van der Waals surface area (Å²) in [5.41, 5.74) is 2.62. The number of thiophene rings is 2. The molecular weight excluding hydrogens is 398 g/mol. The van der Waals surface area contributed by atoms with E-state index in [9.17, 15) is 0 Å². The zero-order valence-corrected chi connectivity index (χ0v) is 18.5. The first-order valence-electron chi connectivity index (χ1n) is 9.92. The van der Waals surface area contributed by atoms with Crippen LogP contribution in [0.15, 0.2) is 63.7 Å². The van der Waals surface area contributed by atoms with E-state index in [0.29, 0.717) is 17.7 Å². The van der Waals surface area contributed by atoms with Crippen molar-refractivity contribution in [2.45, 2.75) is 45.2 Å². The molecule has 0 saturated heterocycles. The molecule has 0 fully saturated rings. The van der Waals surface area contributed by atoms with Crippen molar-refractivity contribution in [3.05, 3.63) is 81.2 Å². The van der Waals surface area contributed by atoms with Gasteiger partial charge >= 0.3 is 0 Å². The minimum atomic E-state index is -0.0717. The molecule has 4 nitrogen and oxygen atoms in total. The molecule has 3 atom stereocenters. The molecule has 150 valence electrons. The van der Waals surface area contributed by atoms with Crippen molar-refractivity contribution in [1.29, 1.82) is 0 Å². The van der Waals surface area contributed by atoms with Gasteiger partial charge in [0, 0.05) is 4.88 Å². The molecule has 29 heavy (non-hydrogen) atoms. The summed E-state index contributed by atoms with van der Waals surface area (Å²) in [7, 11) is 0. The Morgan fingerprint density at radius 3 is 2.31 bits per heavy atom. The van der Waals surface area contributed by atoms with Crippen LogP contribution >= 0.6 is 22.7 Å². The van der Waals surface area contributed by atoms with Crippen molar-refractivity contribution in [2.24, 2.45) is 0 Å². The molecule has 6 heteroatoms. The van der Waals surface area contributed by atoms with E-state index in [0.717, 1.165) is 11.3 Å². The van der Waals surface area contributed by atoms with Crippen LogP contribution in [-0.2, 0) is 0 Å². The van der Waals surface area contributed by atoms with E-state index in [4.69, 9.17) is 4.42 Å². The Balaban J connectivity index is 1.56. The lowest BCUT2D eigenvalue weighted by atomic mass is 9.95. The van der Waals surface area contributed by atoms with Gasteiger partial charge in [0.15, 0.2) is 0 Å². The average Bonchev–Trinajstić information content (AvgIpc) is 3.52. The van der Waals surface area contributed by atoms with Gasteiger partial charge < -0.3 is 4.42 Å². The first kappa shape index (κ1) is 20.0. The van der Waals surface area contributed by atoms with Crippen LogP contribution in [0, 0.1) is 0 Å². The third-order valence-corrected chi connectivity index (χ3v) is 7.03. The lowest BCUT2D eigenvalue weighted by Crippen LogP contribution is -2.25. The van der Waals surface area contributed by atoms with Gasteiger partial charge in [-0.2, -0.15) is 0 Å². The molecule has 0 radical (unpaired) electrons. The summed E-state index contributed by atoms with van der Waals surface area (Å²) in [6, 6.07) is 17.2. The number of rotatable bonds is 8. The number of benzene rings is 1. The minimum absolute atomic E-state index is 0.0717. The van der Waals surface area contributed by atoms with E-state index in [2.05, 4.69) is 78.1 Å². The highest BCUT2D eigenvalue weighted by Gasteiger charge is 2.22. The van der Waals surface area contributed by atoms with Gasteiger partial charge in [-0.15, -0.1) is 32.9 Å². The summed E-state index contributed by atoms with van der Waals surface area (Å²) in [6.07, 6.45) is 1.15. The maximum absolute atomic E-state index is 5.94. The molecule has 4 aromatic rings. The van der Waals surface area contributed by atoms with E-state index in [-0.39, 0.29) is 12.1 Å². The Labute approximate surface area is 179 Å². The normalized spacial score (nSPS) is 14.6. The van der Waals surface area contributed by atoms with Gasteiger partial charge in [0.05, 0.1) is 17.0 Å². The summed E-state index contributed by atoms with van der Waals surface area (Å²) in [6.45, 7) is 6.57. The monoisotopic (exact) mass is 423 g/mol. The Kier molecular flexibility index (Phi) is 6.23. The first-order chi connectivity index (χ1) is 14.2. The SMILES string of the molecule is CC[C@H](C)c1ccc([C@@H](N[C@@H](C)c2nnc(-c3cccs3)o2)c2cccs2)cc1. The number of hydrogen-bond donors (Lipinski definition) is 1. The highest BCUT2D eigenvalue weighted by atomic mass is 32.1. The standard InChI is InChI=1S/C23H25N3OS2/c1-4-15(2)17-9-11-18(12-10-17)21(19-7-5-13-28-19)24-16(3)22-25-26-23(27-22)20-8-6-14-29-20/h5-16,21,24H,4H2,1-3H3/t15-,16-,21+/m0/s1. The largest absolute Gasteiger partial charge is 0.418 e. The van der Waals surface area contributed by atoms with Crippen molar-refractivity contribution in [3.8, 4) is 10.8 Å². The van der Waals surface area contributed by atoms with Crippen molar-refractivity contribution in [3.63, 3.8) is 0 Å². The van der Waals surface area contributed by atoms with Crippen LogP contribution in [-0.4, -0.2) is 10.2 Å². The maximum Gasteiger partial charge on any atom is 0.257 e. The number of nitrogens with zero attached hydrogens (tertiary/aromatic N) is 2. The van der Waals surface area contributed by atoms with Crippen molar-refractivity contribution in [2.75, 3.05) is 0 Å². The molecule has 0 aliphatic rings. The summed E-state index contributed by atoms with van der Waals surface area (Å²) in [5, 5.41) is 16.3. The lowest BCUT2D eigenvalue weighted by molar-refractivity contribution is 0.405. The fraction of sp³-hybridized carbons (Fsp3) is 0.304. The quantitative estimate of drug-likeness (QED) is 0.338. The molecular formula is C23H25N3OS2. The van der Waals surface area contributed by atoms with E-state index in [1.165, 1.54) is 16.0 Å². The molecule has 3 aromatic heterocycles. The number of hydrogen-bond acceptors (Lipinski definition) is 6. The summed E-state index contributed by atoms with van der Waals surface area (Å²) < 4.78 is 5.94. The zero-order valence-electron chi connectivity index (χ0n) is 16.8. The highest BCUT2D eigenvalue weighted by Crippen LogP contribution is 2.31. The Hall–Kier alpha value is -2.28. The lowest BCUT2D eigenvalue weighted by Gasteiger charge is -2.22. The van der Waals surface area contributed by atoms with E-state index in [1.807, 2.05) is 17.5 Å². The predicted molar refractivity (Wildman–Crippen MR) is 120 cm³/mol. The van der Waals surface area contributed by atoms with Gasteiger partial charge in [0.25, 0.3) is 5.89 Å². The molecule has 1 aromatic carbocycles. The van der Waals surface area contributed by atoms with Crippen LogP contribution in [0.2, 0.25) is 0 Å². The molecule has 0 aliphatic carbocycles. The second kappa shape index (κ2) is 9.03. The smallest absolute Gasteiger partial charge is 0.257 e. The van der Waals surface area contributed by atoms with Gasteiger partial charge in [-0.1, -0.05) is 50.2 Å². The van der Waals surface area contributed by atoms with Crippen molar-refractivity contribution >= 4 is 22.7 Å². The Morgan fingerprint density at radius 1 is 0.931 bits per heavy atom. The van der Waals surface area contributed by atoms with E-state index >= 15 is 0 Å². The zero-order chi connectivity index (χ0) is 20.2. The first-order valence-corrected chi connectivity index (χ1v) is 11.7. The molecule has 1 N–H and O–H groups in total. The second-order valence-electron chi connectivity index (χ2n) is 7.24. The minimum Gasteiger partial charge on any atom is -0.418 e. The third-order valence-electron chi connectivity index (χ3n) is 5.24. The van der Waals surface area contributed by atoms with Crippen molar-refractivity contribution < 1.29 is 4.42 Å². The molecule has 0 unspecified atom stereocenters. The number of aromatic nitrogens is 2. The highest BCUT2D eigenvalue weighted by molar-refractivity contribution is 7.13. The van der Waals surface area contributed by atoms with Gasteiger partial charge in [0.1, 0.15) is 0 Å². The van der Waals surface area contributed by atoms with Gasteiger partial charge in [-0.05, 0) is 53.3 Å². The Morgan fingerprint density at radius 2 is 1.66 bits per heavy atom. The summed E-state index contributed by atoms with van der Waals surface area (Å²) in [4.78, 5) is 2.26. The van der Waals surface area contributed by atoms with Crippen LogP contribution < -0.4 is 5.32 Å². The molecule has 0 spiro atoms. The van der Waals surface area contributed by atoms with Crippen LogP contribution in [0.5, 0.6) is 0 Å². The second-order valence-corrected chi connectivity index (χ2v) is 9.16. The molecule has 0 bridgehead atoms. The van der Waals surface area contributed by atoms with Crippen LogP contribution in [0.3, 0.4) is 0 Å². The molecule has 0 aliphatic heterocycles. The predicted octanol–water partition coefficient (Wildman–Crippen LogP) is 6.81. The Bertz CT molecular complexity index is 1010. The van der Waals surface area contributed by atoms with Crippen LogP contribution in [0.25, 0.3) is 10.8 Å².